The smallest absolute Gasteiger partial charge is 0.358 e. The van der Waals surface area contributed by atoms with E-state index in [-0.39, 0.29) is 17.1 Å². The van der Waals surface area contributed by atoms with Crippen molar-refractivity contribution in [2.75, 3.05) is 0 Å². The lowest BCUT2D eigenvalue weighted by Gasteiger charge is -2.24. The second-order valence-corrected chi connectivity index (χ2v) is 5.17. The molecule has 0 radical (unpaired) electrons. The van der Waals surface area contributed by atoms with Crippen molar-refractivity contribution >= 4 is 22.5 Å². The lowest BCUT2D eigenvalue weighted by Crippen LogP contribution is -2.24. The van der Waals surface area contributed by atoms with Crippen LogP contribution in [0.15, 0.2) is 12.1 Å². The van der Waals surface area contributed by atoms with E-state index < -0.39 is 17.9 Å². The third kappa shape index (κ3) is 1.91. The Morgan fingerprint density at radius 2 is 2.00 bits per heavy atom. The molecule has 1 N–H and O–H groups in total. The molecular weight excluding hydrogens is 282 g/mol. The number of hydrogen-bond acceptors (Lipinski definition) is 0. The Balaban J connectivity index is 2.28. The first-order chi connectivity index (χ1) is 8.89. The summed E-state index contributed by atoms with van der Waals surface area (Å²) in [6, 6.07) is 2.59. The van der Waals surface area contributed by atoms with Gasteiger partial charge >= 0.3 is 6.18 Å². The number of nitrogens with one attached hydrogen (secondary N) is 1. The monoisotopic (exact) mass is 291 g/mol. The Labute approximate surface area is 111 Å². The summed E-state index contributed by atoms with van der Waals surface area (Å²) >= 11 is 5.89. The summed E-state index contributed by atoms with van der Waals surface area (Å²) in [5, 5.41) is 0.295. The molecule has 1 aliphatic carbocycles. The zero-order valence-electron chi connectivity index (χ0n) is 9.74. The van der Waals surface area contributed by atoms with Gasteiger partial charge in [-0.3, -0.25) is 0 Å². The van der Waals surface area contributed by atoms with E-state index in [1.165, 1.54) is 6.07 Å². The highest BCUT2D eigenvalue weighted by molar-refractivity contribution is 6.36. The molecule has 102 valence electrons. The molecule has 0 saturated heterocycles. The van der Waals surface area contributed by atoms with Crippen LogP contribution in [-0.2, 0) is 6.42 Å². The van der Waals surface area contributed by atoms with Crippen LogP contribution >= 0.6 is 11.6 Å². The summed E-state index contributed by atoms with van der Waals surface area (Å²) in [6.07, 6.45) is -3.31. The zero-order valence-corrected chi connectivity index (χ0v) is 10.5. The number of H-pyrrole nitrogens is 1. The molecule has 0 amide bonds. The van der Waals surface area contributed by atoms with Crippen molar-refractivity contribution in [2.24, 2.45) is 0 Å². The molecule has 19 heavy (non-hydrogen) atoms. The van der Waals surface area contributed by atoms with Gasteiger partial charge in [-0.15, -0.1) is 0 Å². The van der Waals surface area contributed by atoms with E-state index in [9.17, 15) is 17.6 Å². The van der Waals surface area contributed by atoms with Gasteiger partial charge in [-0.05, 0) is 37.0 Å². The van der Waals surface area contributed by atoms with Gasteiger partial charge in [0.1, 0.15) is 5.82 Å². The topological polar surface area (TPSA) is 15.8 Å². The molecule has 1 unspecified atom stereocenters. The van der Waals surface area contributed by atoms with Crippen molar-refractivity contribution in [3.8, 4) is 0 Å². The molecule has 0 aliphatic heterocycles. The van der Waals surface area contributed by atoms with Gasteiger partial charge in [-0.25, -0.2) is 4.39 Å². The predicted octanol–water partition coefficient (Wildman–Crippen LogP) is 4.94. The second-order valence-electron chi connectivity index (χ2n) is 4.79. The quantitative estimate of drug-likeness (QED) is 0.662. The number of halogens is 5. The summed E-state index contributed by atoms with van der Waals surface area (Å²) in [6.45, 7) is 0. The fourth-order valence-corrected chi connectivity index (χ4v) is 3.10. The van der Waals surface area contributed by atoms with Crippen molar-refractivity contribution in [3.05, 3.63) is 34.2 Å². The Bertz CT molecular complexity index is 644. The fraction of sp³-hybridized carbons (Fsp3) is 0.385. The summed E-state index contributed by atoms with van der Waals surface area (Å²) < 4.78 is 52.5. The van der Waals surface area contributed by atoms with E-state index in [2.05, 4.69) is 4.98 Å². The molecule has 1 aliphatic rings. The maximum atomic E-state index is 13.5. The van der Waals surface area contributed by atoms with Crippen molar-refractivity contribution in [2.45, 2.75) is 31.4 Å². The largest absolute Gasteiger partial charge is 0.397 e. The SMILES string of the molecule is Fc1ccc2[nH]c3c(c2c1Cl)CCCC3C(F)(F)F. The Hall–Kier alpha value is -1.23. The molecule has 0 spiro atoms. The normalized spacial score (nSPS) is 19.7. The van der Waals surface area contributed by atoms with Gasteiger partial charge in [-0.2, -0.15) is 13.2 Å². The van der Waals surface area contributed by atoms with Gasteiger partial charge in [0.2, 0.25) is 0 Å². The molecule has 3 rings (SSSR count). The maximum Gasteiger partial charge on any atom is 0.397 e. The van der Waals surface area contributed by atoms with E-state index in [0.29, 0.717) is 29.3 Å². The van der Waals surface area contributed by atoms with Gasteiger partial charge in [-0.1, -0.05) is 11.6 Å². The van der Waals surface area contributed by atoms with Crippen molar-refractivity contribution in [1.29, 1.82) is 0 Å². The molecular formula is C13H10ClF4N. The van der Waals surface area contributed by atoms with Crippen molar-refractivity contribution in [1.82, 2.24) is 4.98 Å². The molecule has 6 heteroatoms. The van der Waals surface area contributed by atoms with Crippen LogP contribution in [0.2, 0.25) is 5.02 Å². The van der Waals surface area contributed by atoms with Gasteiger partial charge in [0.05, 0.1) is 10.9 Å². The van der Waals surface area contributed by atoms with Gasteiger partial charge < -0.3 is 4.98 Å². The first-order valence-electron chi connectivity index (χ1n) is 5.94. The van der Waals surface area contributed by atoms with Crippen LogP contribution in [-0.4, -0.2) is 11.2 Å². The Morgan fingerprint density at radius 3 is 2.68 bits per heavy atom. The minimum atomic E-state index is -4.29. The van der Waals surface area contributed by atoms with Gasteiger partial charge in [0.25, 0.3) is 0 Å². The number of aryl methyl sites for hydroxylation is 1. The number of hydrogen-bond donors (Lipinski definition) is 1. The number of fused-ring (bicyclic) bond motifs is 3. The summed E-state index contributed by atoms with van der Waals surface area (Å²) in [5.74, 6) is -2.12. The molecule has 1 aromatic carbocycles. The number of alkyl halides is 3. The number of aromatic nitrogens is 1. The maximum absolute atomic E-state index is 13.5. The lowest BCUT2D eigenvalue weighted by atomic mass is 9.86. The Morgan fingerprint density at radius 1 is 1.26 bits per heavy atom. The molecule has 1 atom stereocenters. The minimum Gasteiger partial charge on any atom is -0.358 e. The summed E-state index contributed by atoms with van der Waals surface area (Å²) in [7, 11) is 0. The first kappa shape index (κ1) is 12.8. The van der Waals surface area contributed by atoms with Crippen LogP contribution in [0.5, 0.6) is 0 Å². The first-order valence-corrected chi connectivity index (χ1v) is 6.32. The van der Waals surface area contributed by atoms with Crippen LogP contribution in [0.25, 0.3) is 10.9 Å². The third-order valence-corrected chi connectivity index (χ3v) is 4.02. The number of benzene rings is 1. The van der Waals surface area contributed by atoms with Gasteiger partial charge in [0.15, 0.2) is 0 Å². The number of aromatic amines is 1. The van der Waals surface area contributed by atoms with Gasteiger partial charge in [0, 0.05) is 16.6 Å². The molecule has 0 bridgehead atoms. The van der Waals surface area contributed by atoms with Crippen molar-refractivity contribution < 1.29 is 17.6 Å². The molecule has 1 heterocycles. The van der Waals surface area contributed by atoms with Crippen LogP contribution in [0.3, 0.4) is 0 Å². The van der Waals surface area contributed by atoms with Crippen LogP contribution in [0, 0.1) is 5.82 Å². The van der Waals surface area contributed by atoms with E-state index in [4.69, 9.17) is 11.6 Å². The van der Waals surface area contributed by atoms with Crippen LogP contribution < -0.4 is 0 Å². The Kier molecular flexibility index (Phi) is 2.78. The average Bonchev–Trinajstić information content (AvgIpc) is 2.71. The minimum absolute atomic E-state index is 0.0590. The highest BCUT2D eigenvalue weighted by atomic mass is 35.5. The average molecular weight is 292 g/mol. The summed E-state index contributed by atoms with van der Waals surface area (Å²) in [5.41, 5.74) is 1.11. The zero-order chi connectivity index (χ0) is 13.8. The lowest BCUT2D eigenvalue weighted by molar-refractivity contribution is -0.154. The molecule has 2 aromatic rings. The third-order valence-electron chi connectivity index (χ3n) is 3.65. The molecule has 0 fully saturated rings. The van der Waals surface area contributed by atoms with Crippen LogP contribution in [0.1, 0.15) is 30.0 Å². The second kappa shape index (κ2) is 4.13. The van der Waals surface area contributed by atoms with E-state index in [0.717, 1.165) is 6.07 Å². The summed E-state index contributed by atoms with van der Waals surface area (Å²) in [4.78, 5) is 2.77. The molecule has 1 nitrogen and oxygen atoms in total. The standard InChI is InChI=1S/C13H10ClF4N/c14-11-8(15)4-5-9-10(11)6-2-1-3-7(12(6)19-9)13(16,17)18/h4-5,7,19H,1-3H2. The van der Waals surface area contributed by atoms with E-state index in [1.54, 1.807) is 0 Å². The van der Waals surface area contributed by atoms with Crippen molar-refractivity contribution in [3.63, 3.8) is 0 Å². The predicted molar refractivity (Wildman–Crippen MR) is 65.0 cm³/mol. The number of rotatable bonds is 0. The fourth-order valence-electron chi connectivity index (χ4n) is 2.82. The van der Waals surface area contributed by atoms with Crippen LogP contribution in [0.4, 0.5) is 17.6 Å². The highest BCUT2D eigenvalue weighted by Crippen LogP contribution is 2.46. The molecule has 1 aromatic heterocycles. The molecule has 0 saturated carbocycles. The van der Waals surface area contributed by atoms with E-state index >= 15 is 0 Å². The van der Waals surface area contributed by atoms with E-state index in [1.807, 2.05) is 0 Å². The highest BCUT2D eigenvalue weighted by Gasteiger charge is 2.44.